The minimum atomic E-state index is -0.487. The molecule has 0 spiro atoms. The molecule has 1 atom stereocenters. The molecule has 0 aromatic heterocycles. The fraction of sp³-hybridized carbons (Fsp3) is 1.00. The Bertz CT molecular complexity index is 68.8. The second-order valence-electron chi connectivity index (χ2n) is 2.45. The van der Waals surface area contributed by atoms with Crippen molar-refractivity contribution in [1.29, 1.82) is 0 Å². The van der Waals surface area contributed by atoms with Gasteiger partial charge in [-0.15, -0.1) is 0 Å². The quantitative estimate of drug-likeness (QED) is 0.465. The summed E-state index contributed by atoms with van der Waals surface area (Å²) < 4.78 is 4.90. The van der Waals surface area contributed by atoms with Crippen molar-refractivity contribution >= 4 is 7.12 Å². The summed E-state index contributed by atoms with van der Waals surface area (Å²) in [6.45, 7) is 2.86. The van der Waals surface area contributed by atoms with E-state index in [1.165, 1.54) is 0 Å². The first kappa shape index (κ1) is 6.11. The third-order valence-corrected chi connectivity index (χ3v) is 1.52. The van der Waals surface area contributed by atoms with E-state index in [-0.39, 0.29) is 0 Å². The Morgan fingerprint density at radius 3 is 2.88 bits per heavy atom. The maximum Gasteiger partial charge on any atom is 0.454 e. The Morgan fingerprint density at radius 2 is 2.50 bits per heavy atom. The summed E-state index contributed by atoms with van der Waals surface area (Å²) in [5.41, 5.74) is 0. The number of hydrogen-bond donors (Lipinski definition) is 1. The van der Waals surface area contributed by atoms with E-state index < -0.39 is 7.12 Å². The summed E-state index contributed by atoms with van der Waals surface area (Å²) >= 11 is 0. The normalized spacial score (nSPS) is 30.8. The van der Waals surface area contributed by atoms with Crippen LogP contribution in [0.3, 0.4) is 0 Å². The van der Waals surface area contributed by atoms with Gasteiger partial charge in [0, 0.05) is 6.61 Å². The van der Waals surface area contributed by atoms with Crippen LogP contribution < -0.4 is 0 Å². The van der Waals surface area contributed by atoms with Gasteiger partial charge >= 0.3 is 7.12 Å². The van der Waals surface area contributed by atoms with Crippen LogP contribution in [0.4, 0.5) is 0 Å². The molecule has 0 unspecified atom stereocenters. The summed E-state index contributed by atoms with van der Waals surface area (Å²) in [6.07, 6.45) is 1.90. The zero-order valence-electron chi connectivity index (χ0n) is 5.13. The predicted molar refractivity (Wildman–Crippen MR) is 32.5 cm³/mol. The van der Waals surface area contributed by atoms with E-state index in [1.807, 2.05) is 0 Å². The summed E-state index contributed by atoms with van der Waals surface area (Å²) in [5.74, 6) is 0.638. The van der Waals surface area contributed by atoms with Crippen LogP contribution in [0.15, 0.2) is 0 Å². The fourth-order valence-corrected chi connectivity index (χ4v) is 0.935. The highest BCUT2D eigenvalue weighted by atomic mass is 16.5. The van der Waals surface area contributed by atoms with Gasteiger partial charge in [0.2, 0.25) is 0 Å². The van der Waals surface area contributed by atoms with E-state index in [0.29, 0.717) is 5.92 Å². The largest absolute Gasteiger partial charge is 0.454 e. The molecule has 46 valence electrons. The molecule has 1 aliphatic heterocycles. The first-order valence-corrected chi connectivity index (χ1v) is 3.08. The average Bonchev–Trinajstić information content (AvgIpc) is 1.64. The molecule has 0 aliphatic carbocycles. The third kappa shape index (κ3) is 1.49. The van der Waals surface area contributed by atoms with Gasteiger partial charge in [-0.05, 0) is 18.7 Å². The van der Waals surface area contributed by atoms with E-state index in [1.54, 1.807) is 0 Å². The second kappa shape index (κ2) is 2.51. The first-order chi connectivity index (χ1) is 3.79. The zero-order chi connectivity index (χ0) is 5.98. The standard InChI is InChI=1S/C5H11BO2/c1-5-2-3-8-6(7)4-5/h5,7H,2-4H2,1H3/t5-/m0/s1. The lowest BCUT2D eigenvalue weighted by Crippen LogP contribution is -2.27. The molecule has 0 amide bonds. The van der Waals surface area contributed by atoms with Crippen molar-refractivity contribution < 1.29 is 9.68 Å². The first-order valence-electron chi connectivity index (χ1n) is 3.08. The fourth-order valence-electron chi connectivity index (χ4n) is 0.935. The van der Waals surface area contributed by atoms with Gasteiger partial charge in [0.05, 0.1) is 0 Å². The molecular weight excluding hydrogens is 103 g/mol. The van der Waals surface area contributed by atoms with Gasteiger partial charge in [0.1, 0.15) is 0 Å². The van der Waals surface area contributed by atoms with Crippen LogP contribution in [0.25, 0.3) is 0 Å². The molecule has 0 aromatic carbocycles. The number of rotatable bonds is 0. The minimum absolute atomic E-state index is 0.487. The number of hydrogen-bond acceptors (Lipinski definition) is 2. The van der Waals surface area contributed by atoms with Crippen molar-refractivity contribution in [2.75, 3.05) is 6.61 Å². The molecule has 0 saturated carbocycles. The highest BCUT2D eigenvalue weighted by molar-refractivity contribution is 6.42. The molecule has 0 radical (unpaired) electrons. The molecule has 0 bridgehead atoms. The van der Waals surface area contributed by atoms with Gasteiger partial charge in [-0.1, -0.05) is 6.92 Å². The molecular formula is C5H11BO2. The summed E-state index contributed by atoms with van der Waals surface area (Å²) in [4.78, 5) is 0. The summed E-state index contributed by atoms with van der Waals surface area (Å²) in [7, 11) is -0.487. The molecule has 1 aliphatic rings. The predicted octanol–water partition coefficient (Wildman–Crippen LogP) is 0.523. The van der Waals surface area contributed by atoms with Crippen LogP contribution in [0, 0.1) is 5.92 Å². The van der Waals surface area contributed by atoms with Crippen LogP contribution in [0.1, 0.15) is 13.3 Å². The van der Waals surface area contributed by atoms with E-state index in [9.17, 15) is 0 Å². The molecule has 8 heavy (non-hydrogen) atoms. The maximum atomic E-state index is 8.86. The second-order valence-corrected chi connectivity index (χ2v) is 2.45. The molecule has 2 nitrogen and oxygen atoms in total. The van der Waals surface area contributed by atoms with Gasteiger partial charge in [-0.2, -0.15) is 0 Å². The van der Waals surface area contributed by atoms with Crippen molar-refractivity contribution in [3.8, 4) is 0 Å². The highest BCUT2D eigenvalue weighted by Crippen LogP contribution is 2.15. The van der Waals surface area contributed by atoms with Gasteiger partial charge in [-0.3, -0.25) is 0 Å². The minimum Gasteiger partial charge on any atom is -0.427 e. The van der Waals surface area contributed by atoms with E-state index in [4.69, 9.17) is 9.68 Å². The van der Waals surface area contributed by atoms with Gasteiger partial charge in [0.25, 0.3) is 0 Å². The lowest BCUT2D eigenvalue weighted by molar-refractivity contribution is 0.206. The Balaban J connectivity index is 2.23. The van der Waals surface area contributed by atoms with Crippen molar-refractivity contribution in [3.63, 3.8) is 0 Å². The Hall–Kier alpha value is -0.0151. The van der Waals surface area contributed by atoms with Crippen LogP contribution in [-0.4, -0.2) is 18.7 Å². The van der Waals surface area contributed by atoms with Crippen LogP contribution in [0.5, 0.6) is 0 Å². The topological polar surface area (TPSA) is 29.5 Å². The van der Waals surface area contributed by atoms with Crippen molar-refractivity contribution in [3.05, 3.63) is 0 Å². The SMILES string of the molecule is C[C@H]1CCOB(O)C1. The third-order valence-electron chi connectivity index (χ3n) is 1.52. The highest BCUT2D eigenvalue weighted by Gasteiger charge is 2.21. The molecule has 3 heteroatoms. The summed E-state index contributed by atoms with van der Waals surface area (Å²) in [6, 6.07) is 0. The molecule has 1 saturated heterocycles. The van der Waals surface area contributed by atoms with Crippen molar-refractivity contribution in [2.45, 2.75) is 19.7 Å². The van der Waals surface area contributed by atoms with Crippen molar-refractivity contribution in [2.24, 2.45) is 5.92 Å². The van der Waals surface area contributed by atoms with E-state index in [2.05, 4.69) is 6.92 Å². The van der Waals surface area contributed by atoms with Gasteiger partial charge in [0.15, 0.2) is 0 Å². The lowest BCUT2D eigenvalue weighted by Gasteiger charge is -2.19. The van der Waals surface area contributed by atoms with Crippen LogP contribution in [0.2, 0.25) is 6.32 Å². The van der Waals surface area contributed by atoms with Gasteiger partial charge in [-0.25, -0.2) is 0 Å². The Morgan fingerprint density at radius 1 is 1.75 bits per heavy atom. The molecule has 1 heterocycles. The van der Waals surface area contributed by atoms with Crippen molar-refractivity contribution in [1.82, 2.24) is 0 Å². The zero-order valence-corrected chi connectivity index (χ0v) is 5.13. The van der Waals surface area contributed by atoms with E-state index in [0.717, 1.165) is 19.3 Å². The Kier molecular flexibility index (Phi) is 1.92. The lowest BCUT2D eigenvalue weighted by atomic mass is 9.75. The van der Waals surface area contributed by atoms with Gasteiger partial charge < -0.3 is 9.68 Å². The molecule has 1 rings (SSSR count). The average molecular weight is 114 g/mol. The smallest absolute Gasteiger partial charge is 0.427 e. The van der Waals surface area contributed by atoms with E-state index >= 15 is 0 Å². The summed E-state index contributed by atoms with van der Waals surface area (Å²) in [5, 5.41) is 8.86. The van der Waals surface area contributed by atoms with Crippen LogP contribution >= 0.6 is 0 Å². The molecule has 0 aromatic rings. The van der Waals surface area contributed by atoms with Crippen LogP contribution in [-0.2, 0) is 4.65 Å². The molecule has 1 fully saturated rings. The monoisotopic (exact) mass is 114 g/mol. The molecule has 1 N–H and O–H groups in total. The maximum absolute atomic E-state index is 8.86. The Labute approximate surface area is 50.0 Å².